The molecule has 30 heavy (non-hydrogen) atoms. The van der Waals surface area contributed by atoms with E-state index in [0.29, 0.717) is 13.0 Å². The molecule has 0 spiro atoms. The summed E-state index contributed by atoms with van der Waals surface area (Å²) in [6, 6.07) is 0. The van der Waals surface area contributed by atoms with Crippen LogP contribution < -0.4 is 5.32 Å². The van der Waals surface area contributed by atoms with Gasteiger partial charge in [0, 0.05) is 19.5 Å². The molecule has 9 heteroatoms. The van der Waals surface area contributed by atoms with E-state index in [1.807, 2.05) is 0 Å². The molecule has 1 fully saturated rings. The van der Waals surface area contributed by atoms with E-state index >= 15 is 0 Å². The second-order valence-corrected chi connectivity index (χ2v) is 8.20. The van der Waals surface area contributed by atoms with Crippen molar-refractivity contribution in [3.8, 4) is 0 Å². The zero-order chi connectivity index (χ0) is 22.6. The van der Waals surface area contributed by atoms with E-state index in [9.17, 15) is 14.4 Å². The van der Waals surface area contributed by atoms with Gasteiger partial charge in [0.2, 0.25) is 0 Å². The van der Waals surface area contributed by atoms with Gasteiger partial charge < -0.3 is 29.2 Å². The van der Waals surface area contributed by atoms with Crippen LogP contribution in [-0.4, -0.2) is 80.1 Å². The first kappa shape index (κ1) is 26.2. The molecule has 9 nitrogen and oxygen atoms in total. The van der Waals surface area contributed by atoms with Gasteiger partial charge in [-0.3, -0.25) is 0 Å². The Morgan fingerprint density at radius 1 is 0.967 bits per heavy atom. The van der Waals surface area contributed by atoms with Gasteiger partial charge in [-0.25, -0.2) is 14.4 Å². The summed E-state index contributed by atoms with van der Waals surface area (Å²) < 4.78 is 21.4. The molecule has 1 amide bonds. The maximum atomic E-state index is 12.8. The fourth-order valence-electron chi connectivity index (χ4n) is 3.17. The van der Waals surface area contributed by atoms with E-state index in [4.69, 9.17) is 18.9 Å². The summed E-state index contributed by atoms with van der Waals surface area (Å²) in [7, 11) is 0. The maximum absolute atomic E-state index is 12.8. The lowest BCUT2D eigenvalue weighted by atomic mass is 9.97. The molecule has 1 N–H and O–H groups in total. The van der Waals surface area contributed by atoms with Crippen LogP contribution in [0.3, 0.4) is 0 Å². The Bertz CT molecular complexity index is 536. The van der Waals surface area contributed by atoms with Crippen LogP contribution in [0.1, 0.15) is 60.3 Å². The van der Waals surface area contributed by atoms with Gasteiger partial charge in [0.15, 0.2) is 0 Å². The van der Waals surface area contributed by atoms with Gasteiger partial charge in [0.1, 0.15) is 5.60 Å². The van der Waals surface area contributed by atoms with E-state index in [1.54, 1.807) is 34.6 Å². The lowest BCUT2D eigenvalue weighted by molar-refractivity contribution is -0.192. The highest BCUT2D eigenvalue weighted by Crippen LogP contribution is 2.23. The van der Waals surface area contributed by atoms with E-state index in [1.165, 1.54) is 0 Å². The summed E-state index contributed by atoms with van der Waals surface area (Å²) in [6.45, 7) is 11.9. The molecule has 1 heterocycles. The smallest absolute Gasteiger partial charge is 0.407 e. The highest BCUT2D eigenvalue weighted by Gasteiger charge is 2.50. The van der Waals surface area contributed by atoms with Crippen LogP contribution in [0.15, 0.2) is 0 Å². The maximum Gasteiger partial charge on any atom is 0.407 e. The third-order valence-corrected chi connectivity index (χ3v) is 4.54. The van der Waals surface area contributed by atoms with E-state index < -0.39 is 29.2 Å². The first-order chi connectivity index (χ1) is 14.1. The van der Waals surface area contributed by atoms with Crippen molar-refractivity contribution in [1.29, 1.82) is 0 Å². The van der Waals surface area contributed by atoms with Crippen molar-refractivity contribution in [3.05, 3.63) is 0 Å². The summed E-state index contributed by atoms with van der Waals surface area (Å²) in [4.78, 5) is 39.6. The molecule has 0 bridgehead atoms. The Kier molecular flexibility index (Phi) is 11.1. The van der Waals surface area contributed by atoms with Crippen LogP contribution in [-0.2, 0) is 28.5 Å². The second kappa shape index (κ2) is 12.7. The number of ether oxygens (including phenoxy) is 4. The average molecular weight is 431 g/mol. The predicted octanol–water partition coefficient (Wildman–Crippen LogP) is 2.27. The number of hydrogen-bond acceptors (Lipinski definition) is 8. The Morgan fingerprint density at radius 3 is 2.03 bits per heavy atom. The molecule has 1 rings (SSSR count). The molecule has 0 aromatic carbocycles. The fraction of sp³-hybridized carbons (Fsp3) is 0.857. The first-order valence-electron chi connectivity index (χ1n) is 10.8. The number of carbonyl (C=O) groups is 3. The van der Waals surface area contributed by atoms with Crippen molar-refractivity contribution in [1.82, 2.24) is 10.2 Å². The number of nitrogens with zero attached hydrogens (tertiary/aromatic N) is 1. The lowest BCUT2D eigenvalue weighted by Gasteiger charge is -2.30. The number of rotatable bonds is 12. The highest BCUT2D eigenvalue weighted by molar-refractivity contribution is 6.03. The highest BCUT2D eigenvalue weighted by atomic mass is 16.6. The molecule has 0 aromatic heterocycles. The molecule has 0 unspecified atom stereocenters. The van der Waals surface area contributed by atoms with E-state index in [-0.39, 0.29) is 32.8 Å². The summed E-state index contributed by atoms with van der Waals surface area (Å²) in [5.41, 5.74) is -2.45. The quantitative estimate of drug-likeness (QED) is 0.218. The molecule has 0 aliphatic carbocycles. The molecule has 0 radical (unpaired) electrons. The minimum Gasteiger partial charge on any atom is -0.463 e. The standard InChI is InChI=1S/C21H38N2O7/c1-6-27-17(24)21(18(25)28-7-2,29-16-15-23-13-8-9-14-23)11-10-12-22-19(26)30-20(3,4)5/h6-16H2,1-5H3,(H,22,26). The third kappa shape index (κ3) is 8.87. The van der Waals surface area contributed by atoms with Gasteiger partial charge in [-0.1, -0.05) is 0 Å². The molecular weight excluding hydrogens is 392 g/mol. The molecule has 1 saturated heterocycles. The van der Waals surface area contributed by atoms with Crippen molar-refractivity contribution < 1.29 is 33.3 Å². The monoisotopic (exact) mass is 430 g/mol. The van der Waals surface area contributed by atoms with Crippen molar-refractivity contribution in [3.63, 3.8) is 0 Å². The summed E-state index contributed by atoms with van der Waals surface area (Å²) >= 11 is 0. The minimum absolute atomic E-state index is 0.0282. The Balaban J connectivity index is 2.77. The van der Waals surface area contributed by atoms with Gasteiger partial charge in [-0.2, -0.15) is 0 Å². The normalized spacial score (nSPS) is 15.0. The second-order valence-electron chi connectivity index (χ2n) is 8.20. The number of alkyl carbamates (subject to hydrolysis) is 1. The zero-order valence-electron chi connectivity index (χ0n) is 19.1. The number of amides is 1. The van der Waals surface area contributed by atoms with Crippen LogP contribution in [0, 0.1) is 0 Å². The summed E-state index contributed by atoms with van der Waals surface area (Å²) in [5, 5.41) is 2.63. The minimum atomic E-state index is -1.85. The summed E-state index contributed by atoms with van der Waals surface area (Å²) in [5.74, 6) is -1.52. The Hall–Kier alpha value is -1.87. The first-order valence-corrected chi connectivity index (χ1v) is 10.8. The fourth-order valence-corrected chi connectivity index (χ4v) is 3.17. The Morgan fingerprint density at radius 2 is 1.53 bits per heavy atom. The van der Waals surface area contributed by atoms with Crippen molar-refractivity contribution >= 4 is 18.0 Å². The topological polar surface area (TPSA) is 103 Å². The zero-order valence-corrected chi connectivity index (χ0v) is 19.1. The molecule has 0 aromatic rings. The average Bonchev–Trinajstić information content (AvgIpc) is 3.16. The SMILES string of the molecule is CCOC(=O)C(CCCNC(=O)OC(C)(C)C)(OCCN1CCCC1)C(=O)OCC. The number of likely N-dealkylation sites (tertiary alicyclic amines) is 1. The lowest BCUT2D eigenvalue weighted by Crippen LogP contribution is -2.52. The number of esters is 2. The van der Waals surface area contributed by atoms with Crippen LogP contribution in [0.4, 0.5) is 4.79 Å². The Labute approximate surface area is 179 Å². The van der Waals surface area contributed by atoms with Gasteiger partial charge in [-0.05, 0) is 67.0 Å². The largest absolute Gasteiger partial charge is 0.463 e. The summed E-state index contributed by atoms with van der Waals surface area (Å²) in [6.07, 6.45) is 2.05. The third-order valence-electron chi connectivity index (χ3n) is 4.54. The molecule has 174 valence electrons. The number of hydrogen-bond donors (Lipinski definition) is 1. The number of carbonyl (C=O) groups excluding carboxylic acids is 3. The van der Waals surface area contributed by atoms with Gasteiger partial charge in [0.05, 0.1) is 19.8 Å². The molecule has 0 saturated carbocycles. The van der Waals surface area contributed by atoms with Crippen LogP contribution in [0.2, 0.25) is 0 Å². The van der Waals surface area contributed by atoms with Gasteiger partial charge in [-0.15, -0.1) is 0 Å². The molecule has 0 atom stereocenters. The van der Waals surface area contributed by atoms with Crippen LogP contribution in [0.5, 0.6) is 0 Å². The predicted molar refractivity (Wildman–Crippen MR) is 111 cm³/mol. The van der Waals surface area contributed by atoms with Crippen molar-refractivity contribution in [2.75, 3.05) is 46.0 Å². The van der Waals surface area contributed by atoms with E-state index in [0.717, 1.165) is 25.9 Å². The van der Waals surface area contributed by atoms with Crippen molar-refractivity contribution in [2.24, 2.45) is 0 Å². The van der Waals surface area contributed by atoms with Crippen LogP contribution in [0.25, 0.3) is 0 Å². The van der Waals surface area contributed by atoms with Gasteiger partial charge >= 0.3 is 18.0 Å². The van der Waals surface area contributed by atoms with E-state index in [2.05, 4.69) is 10.2 Å². The van der Waals surface area contributed by atoms with Crippen molar-refractivity contribution in [2.45, 2.75) is 71.5 Å². The van der Waals surface area contributed by atoms with Gasteiger partial charge in [0.25, 0.3) is 5.60 Å². The molecule has 1 aliphatic heterocycles. The molecular formula is C21H38N2O7. The number of nitrogens with one attached hydrogen (secondary N) is 1. The van der Waals surface area contributed by atoms with Crippen LogP contribution >= 0.6 is 0 Å². The molecule has 1 aliphatic rings.